The number of aromatic nitrogens is 1. The zero-order valence-corrected chi connectivity index (χ0v) is 13.7. The third kappa shape index (κ3) is 6.80. The van der Waals surface area contributed by atoms with E-state index in [0.717, 1.165) is 5.92 Å². The van der Waals surface area contributed by atoms with Gasteiger partial charge in [-0.05, 0) is 24.0 Å². The van der Waals surface area contributed by atoms with Crippen LogP contribution in [0.3, 0.4) is 0 Å². The van der Waals surface area contributed by atoms with E-state index in [4.69, 9.17) is 10.2 Å². The first-order valence-corrected chi connectivity index (χ1v) is 6.98. The molecule has 1 heterocycles. The average Bonchev–Trinajstić information content (AvgIpc) is 2.74. The number of carboxylic acids is 2. The Morgan fingerprint density at radius 1 is 1.13 bits per heavy atom. The highest BCUT2D eigenvalue weighted by Gasteiger charge is 2.06. The van der Waals surface area contributed by atoms with Crippen LogP contribution in [-0.4, -0.2) is 26.7 Å². The maximum atomic E-state index is 9.55. The number of carboxylic acid groups (broad SMARTS) is 2. The molecular formula is C17H24N2O4. The number of nitrogens with zero attached hydrogens (tertiary/aromatic N) is 1. The standard InChI is InChI=1S/C13H17N.C4H4O4.H3N/c1-10(2)8-11-9-14(3)13-7-5-4-6-12(11)13;5-3(6)1-2-4(7)8;/h4-7,9-10H,8H2,1-3H3;1-2H,(H,5,6)(H,7,8);1H3/b;2-1+;. The van der Waals surface area contributed by atoms with E-state index in [1.54, 1.807) is 0 Å². The van der Waals surface area contributed by atoms with Crippen LogP contribution in [0, 0.1) is 5.92 Å². The van der Waals surface area contributed by atoms with Crippen LogP contribution >= 0.6 is 0 Å². The first-order chi connectivity index (χ1) is 10.3. The van der Waals surface area contributed by atoms with E-state index in [1.165, 1.54) is 22.9 Å². The largest absolute Gasteiger partial charge is 0.478 e. The van der Waals surface area contributed by atoms with Crippen LogP contribution in [0.25, 0.3) is 10.9 Å². The molecule has 2 aromatic rings. The van der Waals surface area contributed by atoms with Crippen molar-refractivity contribution in [3.05, 3.63) is 48.2 Å². The highest BCUT2D eigenvalue weighted by atomic mass is 16.4. The number of aliphatic carboxylic acids is 2. The zero-order valence-electron chi connectivity index (χ0n) is 13.7. The van der Waals surface area contributed by atoms with E-state index >= 15 is 0 Å². The second kappa shape index (κ2) is 9.42. The van der Waals surface area contributed by atoms with Crippen LogP contribution in [0.1, 0.15) is 19.4 Å². The summed E-state index contributed by atoms with van der Waals surface area (Å²) < 4.78 is 2.22. The molecule has 0 fully saturated rings. The third-order valence-electron chi connectivity index (χ3n) is 2.98. The van der Waals surface area contributed by atoms with Crippen LogP contribution in [0.2, 0.25) is 0 Å². The Morgan fingerprint density at radius 2 is 1.65 bits per heavy atom. The van der Waals surface area contributed by atoms with Crippen molar-refractivity contribution in [3.63, 3.8) is 0 Å². The van der Waals surface area contributed by atoms with E-state index in [-0.39, 0.29) is 6.15 Å². The van der Waals surface area contributed by atoms with Gasteiger partial charge < -0.3 is 20.9 Å². The van der Waals surface area contributed by atoms with Crippen LogP contribution in [-0.2, 0) is 23.1 Å². The van der Waals surface area contributed by atoms with E-state index in [2.05, 4.69) is 55.9 Å². The van der Waals surface area contributed by atoms with Gasteiger partial charge in [0.15, 0.2) is 0 Å². The van der Waals surface area contributed by atoms with Crippen molar-refractivity contribution in [2.75, 3.05) is 0 Å². The fourth-order valence-electron chi connectivity index (χ4n) is 2.17. The Bertz CT molecular complexity index is 671. The van der Waals surface area contributed by atoms with Gasteiger partial charge in [-0.1, -0.05) is 32.0 Å². The van der Waals surface area contributed by atoms with Crippen molar-refractivity contribution >= 4 is 22.8 Å². The van der Waals surface area contributed by atoms with Crippen molar-refractivity contribution in [2.45, 2.75) is 20.3 Å². The summed E-state index contributed by atoms with van der Waals surface area (Å²) in [6.07, 6.45) is 4.54. The summed E-state index contributed by atoms with van der Waals surface area (Å²) in [6.45, 7) is 4.53. The highest BCUT2D eigenvalue weighted by Crippen LogP contribution is 2.22. The molecule has 1 aromatic carbocycles. The Balaban J connectivity index is 0.000000469. The summed E-state index contributed by atoms with van der Waals surface area (Å²) in [5, 5.41) is 17.0. The molecule has 0 saturated carbocycles. The fraction of sp³-hybridized carbons (Fsp3) is 0.294. The third-order valence-corrected chi connectivity index (χ3v) is 2.98. The SMILES string of the molecule is CC(C)Cc1cn(C)c2ccccc12.N.O=C(O)/C=C/C(=O)O. The van der Waals surface area contributed by atoms with Gasteiger partial charge in [0.1, 0.15) is 0 Å². The molecule has 0 atom stereocenters. The normalized spacial score (nSPS) is 10.3. The lowest BCUT2D eigenvalue weighted by Crippen LogP contribution is -1.92. The highest BCUT2D eigenvalue weighted by molar-refractivity contribution is 5.89. The number of benzene rings is 1. The monoisotopic (exact) mass is 320 g/mol. The predicted octanol–water partition coefficient (Wildman–Crippen LogP) is 3.25. The molecule has 6 heteroatoms. The minimum absolute atomic E-state index is 0. The van der Waals surface area contributed by atoms with Gasteiger partial charge in [-0.2, -0.15) is 0 Å². The van der Waals surface area contributed by atoms with Gasteiger partial charge in [0, 0.05) is 36.3 Å². The number of hydrogen-bond acceptors (Lipinski definition) is 3. The lowest BCUT2D eigenvalue weighted by molar-refractivity contribution is -0.134. The van der Waals surface area contributed by atoms with Gasteiger partial charge in [-0.15, -0.1) is 0 Å². The maximum absolute atomic E-state index is 9.55. The fourth-order valence-corrected chi connectivity index (χ4v) is 2.17. The van der Waals surface area contributed by atoms with Crippen molar-refractivity contribution in [1.29, 1.82) is 0 Å². The predicted molar refractivity (Wildman–Crippen MR) is 90.9 cm³/mol. The van der Waals surface area contributed by atoms with Crippen molar-refractivity contribution in [3.8, 4) is 0 Å². The Labute approximate surface area is 135 Å². The van der Waals surface area contributed by atoms with Gasteiger partial charge >= 0.3 is 11.9 Å². The summed E-state index contributed by atoms with van der Waals surface area (Å²) in [5.41, 5.74) is 2.81. The minimum Gasteiger partial charge on any atom is -0.478 e. The molecule has 6 nitrogen and oxygen atoms in total. The van der Waals surface area contributed by atoms with Gasteiger partial charge in [-0.3, -0.25) is 0 Å². The topological polar surface area (TPSA) is 115 Å². The quantitative estimate of drug-likeness (QED) is 0.748. The minimum atomic E-state index is -1.26. The summed E-state index contributed by atoms with van der Waals surface area (Å²) in [4.78, 5) is 19.1. The molecule has 0 unspecified atom stereocenters. The maximum Gasteiger partial charge on any atom is 0.328 e. The molecule has 1 aromatic heterocycles. The molecule has 0 aliphatic heterocycles. The van der Waals surface area contributed by atoms with E-state index < -0.39 is 11.9 Å². The first kappa shape index (κ1) is 20.4. The van der Waals surface area contributed by atoms with Gasteiger partial charge in [-0.25, -0.2) is 9.59 Å². The molecule has 0 aliphatic rings. The van der Waals surface area contributed by atoms with Crippen molar-refractivity contribution < 1.29 is 19.8 Å². The summed E-state index contributed by atoms with van der Waals surface area (Å²) in [6, 6.07) is 8.61. The molecule has 2 rings (SSSR count). The van der Waals surface area contributed by atoms with Gasteiger partial charge in [0.2, 0.25) is 0 Å². The first-order valence-electron chi connectivity index (χ1n) is 6.98. The molecule has 23 heavy (non-hydrogen) atoms. The number of rotatable bonds is 4. The van der Waals surface area contributed by atoms with Crippen LogP contribution in [0.15, 0.2) is 42.6 Å². The number of fused-ring (bicyclic) bond motifs is 1. The molecule has 0 spiro atoms. The summed E-state index contributed by atoms with van der Waals surface area (Å²) >= 11 is 0. The Morgan fingerprint density at radius 3 is 2.13 bits per heavy atom. The zero-order chi connectivity index (χ0) is 16.7. The van der Waals surface area contributed by atoms with E-state index in [1.807, 2.05) is 0 Å². The lowest BCUT2D eigenvalue weighted by Gasteiger charge is -2.01. The molecular weight excluding hydrogens is 296 g/mol. The molecule has 126 valence electrons. The average molecular weight is 320 g/mol. The Hall–Kier alpha value is -2.60. The van der Waals surface area contributed by atoms with E-state index in [9.17, 15) is 9.59 Å². The molecule has 0 bridgehead atoms. The van der Waals surface area contributed by atoms with Crippen LogP contribution < -0.4 is 6.15 Å². The molecule has 0 aliphatic carbocycles. The van der Waals surface area contributed by atoms with Crippen LogP contribution in [0.4, 0.5) is 0 Å². The lowest BCUT2D eigenvalue weighted by atomic mass is 10.0. The van der Waals surface area contributed by atoms with Crippen LogP contribution in [0.5, 0.6) is 0 Å². The van der Waals surface area contributed by atoms with Gasteiger partial charge in [0.05, 0.1) is 0 Å². The van der Waals surface area contributed by atoms with E-state index in [0.29, 0.717) is 12.2 Å². The summed E-state index contributed by atoms with van der Waals surface area (Å²) in [5.74, 6) is -1.79. The number of aryl methyl sites for hydroxylation is 1. The molecule has 5 N–H and O–H groups in total. The van der Waals surface area contributed by atoms with Crippen molar-refractivity contribution in [1.82, 2.24) is 10.7 Å². The summed E-state index contributed by atoms with van der Waals surface area (Å²) in [7, 11) is 2.12. The molecule has 0 saturated heterocycles. The Kier molecular flexibility index (Phi) is 8.36. The molecule has 0 radical (unpaired) electrons. The van der Waals surface area contributed by atoms with Gasteiger partial charge in [0.25, 0.3) is 0 Å². The second-order valence-corrected chi connectivity index (χ2v) is 5.39. The number of hydrogen-bond donors (Lipinski definition) is 3. The number of carbonyl (C=O) groups is 2. The number of para-hydroxylation sites is 1. The van der Waals surface area contributed by atoms with Crippen molar-refractivity contribution in [2.24, 2.45) is 13.0 Å². The second-order valence-electron chi connectivity index (χ2n) is 5.39. The smallest absolute Gasteiger partial charge is 0.328 e. The molecule has 0 amide bonds.